The number of nitrogens with zero attached hydrogens (tertiary/aromatic N) is 4. The molecule has 3 rings (SSSR count). The third kappa shape index (κ3) is 4.85. The van der Waals surface area contributed by atoms with Crippen LogP contribution in [0.5, 0.6) is 0 Å². The van der Waals surface area contributed by atoms with Crippen molar-refractivity contribution in [3.05, 3.63) is 65.9 Å². The molecule has 0 bridgehead atoms. The number of aryl methyl sites for hydroxylation is 2. The molecule has 0 radical (unpaired) electrons. The maximum Gasteiger partial charge on any atom is 0.272 e. The molecule has 1 amide bonds. The predicted molar refractivity (Wildman–Crippen MR) is 109 cm³/mol. The van der Waals surface area contributed by atoms with Gasteiger partial charge in [0.25, 0.3) is 5.91 Å². The van der Waals surface area contributed by atoms with Crippen LogP contribution in [-0.4, -0.2) is 25.7 Å². The highest BCUT2D eigenvalue weighted by molar-refractivity contribution is 5.94. The van der Waals surface area contributed by atoms with Crippen molar-refractivity contribution in [2.45, 2.75) is 39.8 Å². The molecule has 2 heterocycles. The van der Waals surface area contributed by atoms with E-state index >= 15 is 0 Å². The Morgan fingerprint density at radius 3 is 2.57 bits per heavy atom. The van der Waals surface area contributed by atoms with Crippen molar-refractivity contribution in [1.29, 1.82) is 0 Å². The van der Waals surface area contributed by atoms with Gasteiger partial charge >= 0.3 is 0 Å². The molecule has 0 aliphatic rings. The maximum atomic E-state index is 12.2. The lowest BCUT2D eigenvalue weighted by Gasteiger charge is -2.11. The Bertz CT molecular complexity index is 908. The lowest BCUT2D eigenvalue weighted by Crippen LogP contribution is -2.29. The van der Waals surface area contributed by atoms with Gasteiger partial charge in [-0.3, -0.25) is 20.3 Å². The monoisotopic (exact) mass is 379 g/mol. The van der Waals surface area contributed by atoms with E-state index in [1.165, 1.54) is 29.8 Å². The molecule has 3 aromatic rings. The van der Waals surface area contributed by atoms with Crippen LogP contribution < -0.4 is 16.2 Å². The number of benzene rings is 1. The van der Waals surface area contributed by atoms with Crippen molar-refractivity contribution in [2.24, 2.45) is 0 Å². The lowest BCUT2D eigenvalue weighted by molar-refractivity contribution is 0.0962. The van der Waals surface area contributed by atoms with Crippen LogP contribution in [0.4, 0.5) is 11.5 Å². The second-order valence-electron chi connectivity index (χ2n) is 6.34. The minimum absolute atomic E-state index is 0.314. The average molecular weight is 379 g/mol. The molecular weight excluding hydrogens is 354 g/mol. The van der Waals surface area contributed by atoms with Gasteiger partial charge in [0.15, 0.2) is 5.82 Å². The average Bonchev–Trinajstić information content (AvgIpc) is 3.13. The van der Waals surface area contributed by atoms with Crippen molar-refractivity contribution in [3.63, 3.8) is 0 Å². The SMILES string of the molecule is CCCn1cc(NNC(=O)c2cncnc2)c(NCc2ccccc2CC)n1. The van der Waals surface area contributed by atoms with Crippen molar-refractivity contribution >= 4 is 17.4 Å². The van der Waals surface area contributed by atoms with E-state index in [1.807, 2.05) is 23.0 Å². The van der Waals surface area contributed by atoms with Gasteiger partial charge in [-0.15, -0.1) is 0 Å². The molecule has 0 fully saturated rings. The van der Waals surface area contributed by atoms with Crippen LogP contribution in [0.3, 0.4) is 0 Å². The smallest absolute Gasteiger partial charge is 0.272 e. The largest absolute Gasteiger partial charge is 0.363 e. The van der Waals surface area contributed by atoms with E-state index in [0.29, 0.717) is 23.6 Å². The van der Waals surface area contributed by atoms with Gasteiger partial charge < -0.3 is 5.32 Å². The molecule has 146 valence electrons. The van der Waals surface area contributed by atoms with Crippen LogP contribution in [0.15, 0.2) is 49.2 Å². The fraction of sp³-hybridized carbons (Fsp3) is 0.300. The highest BCUT2D eigenvalue weighted by atomic mass is 16.2. The predicted octanol–water partition coefficient (Wildman–Crippen LogP) is 3.01. The number of hydrazine groups is 1. The van der Waals surface area contributed by atoms with Gasteiger partial charge in [-0.05, 0) is 24.0 Å². The van der Waals surface area contributed by atoms with Crippen molar-refractivity contribution < 1.29 is 4.79 Å². The summed E-state index contributed by atoms with van der Waals surface area (Å²) < 4.78 is 1.86. The molecule has 1 aromatic carbocycles. The quantitative estimate of drug-likeness (QED) is 0.495. The zero-order valence-electron chi connectivity index (χ0n) is 16.1. The van der Waals surface area contributed by atoms with E-state index in [1.54, 1.807) is 0 Å². The first-order chi connectivity index (χ1) is 13.7. The molecule has 0 unspecified atom stereocenters. The number of amides is 1. The standard InChI is InChI=1S/C20H25N7O/c1-3-9-27-13-18(24-25-20(28)17-10-21-14-22-11-17)19(26-27)23-12-16-8-6-5-7-15(16)4-2/h5-8,10-11,13-14,24H,3-4,9,12H2,1-2H3,(H,23,26)(H,25,28). The summed E-state index contributed by atoms with van der Waals surface area (Å²) in [5, 5.41) is 7.96. The van der Waals surface area contributed by atoms with Crippen LogP contribution in [0.25, 0.3) is 0 Å². The number of nitrogens with one attached hydrogen (secondary N) is 3. The number of anilines is 2. The first kappa shape index (κ1) is 19.3. The Balaban J connectivity index is 1.70. The molecule has 0 aliphatic heterocycles. The highest BCUT2D eigenvalue weighted by Gasteiger charge is 2.12. The topological polar surface area (TPSA) is 96.8 Å². The molecule has 0 aliphatic carbocycles. The number of aromatic nitrogens is 4. The molecule has 2 aromatic heterocycles. The van der Waals surface area contributed by atoms with Gasteiger partial charge in [0.2, 0.25) is 0 Å². The fourth-order valence-corrected chi connectivity index (χ4v) is 2.85. The fourth-order valence-electron chi connectivity index (χ4n) is 2.85. The second kappa shape index (κ2) is 9.50. The van der Waals surface area contributed by atoms with Gasteiger partial charge in [0.1, 0.15) is 12.0 Å². The van der Waals surface area contributed by atoms with E-state index in [0.717, 1.165) is 19.4 Å². The molecule has 0 saturated heterocycles. The van der Waals surface area contributed by atoms with Gasteiger partial charge in [0.05, 0.1) is 11.8 Å². The molecule has 0 saturated carbocycles. The molecule has 8 heteroatoms. The van der Waals surface area contributed by atoms with Gasteiger partial charge in [-0.2, -0.15) is 5.10 Å². The van der Waals surface area contributed by atoms with E-state index in [4.69, 9.17) is 0 Å². The Labute approximate surface area is 164 Å². The maximum absolute atomic E-state index is 12.2. The summed E-state index contributed by atoms with van der Waals surface area (Å²) in [4.78, 5) is 19.9. The van der Waals surface area contributed by atoms with Gasteiger partial charge in [-0.1, -0.05) is 38.1 Å². The number of carbonyl (C=O) groups is 1. The summed E-state index contributed by atoms with van der Waals surface area (Å²) >= 11 is 0. The summed E-state index contributed by atoms with van der Waals surface area (Å²) in [6.07, 6.45) is 8.13. The molecular formula is C20H25N7O. The van der Waals surface area contributed by atoms with Crippen molar-refractivity contribution in [3.8, 4) is 0 Å². The van der Waals surface area contributed by atoms with Crippen molar-refractivity contribution in [1.82, 2.24) is 25.2 Å². The Hall–Kier alpha value is -3.42. The van der Waals surface area contributed by atoms with E-state index < -0.39 is 0 Å². The van der Waals surface area contributed by atoms with Gasteiger partial charge in [-0.25, -0.2) is 9.97 Å². The van der Waals surface area contributed by atoms with E-state index in [-0.39, 0.29) is 5.91 Å². The van der Waals surface area contributed by atoms with Gasteiger partial charge in [0, 0.05) is 25.5 Å². The first-order valence-electron chi connectivity index (χ1n) is 9.40. The summed E-state index contributed by atoms with van der Waals surface area (Å²) in [6.45, 7) is 5.69. The van der Waals surface area contributed by atoms with Crippen LogP contribution in [0.2, 0.25) is 0 Å². The zero-order chi connectivity index (χ0) is 19.8. The summed E-state index contributed by atoms with van der Waals surface area (Å²) in [5.74, 6) is 0.370. The number of hydrogen-bond acceptors (Lipinski definition) is 6. The lowest BCUT2D eigenvalue weighted by atomic mass is 10.1. The molecule has 28 heavy (non-hydrogen) atoms. The first-order valence-corrected chi connectivity index (χ1v) is 9.40. The number of rotatable bonds is 9. The third-order valence-electron chi connectivity index (χ3n) is 4.29. The Morgan fingerprint density at radius 1 is 1.11 bits per heavy atom. The Kier molecular flexibility index (Phi) is 6.56. The molecule has 0 atom stereocenters. The minimum atomic E-state index is -0.314. The summed E-state index contributed by atoms with van der Waals surface area (Å²) in [6, 6.07) is 8.33. The molecule has 3 N–H and O–H groups in total. The van der Waals surface area contributed by atoms with Crippen LogP contribution in [0.1, 0.15) is 41.8 Å². The van der Waals surface area contributed by atoms with Crippen LogP contribution >= 0.6 is 0 Å². The summed E-state index contributed by atoms with van der Waals surface area (Å²) in [5.41, 5.74) is 9.23. The van der Waals surface area contributed by atoms with E-state index in [2.05, 4.69) is 57.2 Å². The molecule has 0 spiro atoms. The minimum Gasteiger partial charge on any atom is -0.363 e. The molecule has 8 nitrogen and oxygen atoms in total. The Morgan fingerprint density at radius 2 is 1.86 bits per heavy atom. The second-order valence-corrected chi connectivity index (χ2v) is 6.34. The normalized spacial score (nSPS) is 10.5. The highest BCUT2D eigenvalue weighted by Crippen LogP contribution is 2.21. The van der Waals surface area contributed by atoms with Crippen molar-refractivity contribution in [2.75, 3.05) is 10.7 Å². The van der Waals surface area contributed by atoms with Crippen LogP contribution in [0, 0.1) is 0 Å². The zero-order valence-corrected chi connectivity index (χ0v) is 16.1. The number of hydrogen-bond donors (Lipinski definition) is 3. The van der Waals surface area contributed by atoms with E-state index in [9.17, 15) is 4.79 Å². The van der Waals surface area contributed by atoms with Crippen LogP contribution in [-0.2, 0) is 19.5 Å². The number of carbonyl (C=O) groups excluding carboxylic acids is 1. The summed E-state index contributed by atoms with van der Waals surface area (Å²) in [7, 11) is 0. The third-order valence-corrected chi connectivity index (χ3v) is 4.29.